The molecule has 2 aromatic heterocycles. The summed E-state index contributed by atoms with van der Waals surface area (Å²) in [7, 11) is 0. The van der Waals surface area contributed by atoms with Crippen LogP contribution >= 0.6 is 0 Å². The molecule has 4 rings (SSSR count). The molecule has 0 bridgehead atoms. The van der Waals surface area contributed by atoms with Crippen LogP contribution in [0.3, 0.4) is 0 Å². The molecule has 3 aromatic rings. The number of hydrogen-bond donors (Lipinski definition) is 1. The van der Waals surface area contributed by atoms with E-state index in [1.165, 1.54) is 0 Å². The molecule has 2 heterocycles. The number of ketones is 1. The SMILES string of the molecule is CC(=O)c1cccc(-c2cnc3ccc(O[C@H]4CC[C@H](O)CC4)nn23)c1. The van der Waals surface area contributed by atoms with Gasteiger partial charge in [-0.1, -0.05) is 18.2 Å². The molecular formula is C20H21N3O3. The number of nitrogens with zero attached hydrogens (tertiary/aromatic N) is 3. The predicted molar refractivity (Wildman–Crippen MR) is 97.3 cm³/mol. The van der Waals surface area contributed by atoms with Gasteiger partial charge in [0.2, 0.25) is 5.88 Å². The van der Waals surface area contributed by atoms with E-state index < -0.39 is 0 Å². The van der Waals surface area contributed by atoms with Crippen molar-refractivity contribution in [3.05, 3.63) is 48.2 Å². The smallest absolute Gasteiger partial charge is 0.232 e. The molecule has 1 aromatic carbocycles. The summed E-state index contributed by atoms with van der Waals surface area (Å²) in [4.78, 5) is 16.0. The highest BCUT2D eigenvalue weighted by atomic mass is 16.5. The number of rotatable bonds is 4. The largest absolute Gasteiger partial charge is 0.473 e. The number of aliphatic hydroxyl groups is 1. The van der Waals surface area contributed by atoms with Crippen molar-refractivity contribution in [3.63, 3.8) is 0 Å². The second kappa shape index (κ2) is 6.88. The van der Waals surface area contributed by atoms with Crippen LogP contribution in [0.1, 0.15) is 43.0 Å². The number of ether oxygens (including phenoxy) is 1. The highest BCUT2D eigenvalue weighted by Crippen LogP contribution is 2.25. The van der Waals surface area contributed by atoms with E-state index in [-0.39, 0.29) is 18.0 Å². The zero-order chi connectivity index (χ0) is 18.1. The third-order valence-electron chi connectivity index (χ3n) is 4.83. The normalized spacial score (nSPS) is 20.2. The lowest BCUT2D eigenvalue weighted by molar-refractivity contribution is 0.0637. The predicted octanol–water partition coefficient (Wildman–Crippen LogP) is 3.28. The first-order valence-corrected chi connectivity index (χ1v) is 8.91. The molecule has 0 radical (unpaired) electrons. The van der Waals surface area contributed by atoms with Crippen LogP contribution in [-0.2, 0) is 0 Å². The fraction of sp³-hybridized carbons (Fsp3) is 0.350. The van der Waals surface area contributed by atoms with Crippen LogP contribution in [0.2, 0.25) is 0 Å². The molecule has 1 aliphatic carbocycles. The Kier molecular flexibility index (Phi) is 4.42. The molecule has 26 heavy (non-hydrogen) atoms. The van der Waals surface area contributed by atoms with Crippen LogP contribution < -0.4 is 4.74 Å². The van der Waals surface area contributed by atoms with Crippen molar-refractivity contribution in [1.29, 1.82) is 0 Å². The van der Waals surface area contributed by atoms with E-state index in [4.69, 9.17) is 4.74 Å². The van der Waals surface area contributed by atoms with Crippen molar-refractivity contribution >= 4 is 11.4 Å². The second-order valence-corrected chi connectivity index (χ2v) is 6.77. The van der Waals surface area contributed by atoms with Crippen molar-refractivity contribution in [2.24, 2.45) is 0 Å². The molecule has 1 N–H and O–H groups in total. The third kappa shape index (κ3) is 3.32. The van der Waals surface area contributed by atoms with E-state index in [1.54, 1.807) is 23.7 Å². The molecule has 6 nitrogen and oxygen atoms in total. The minimum atomic E-state index is -0.209. The maximum Gasteiger partial charge on any atom is 0.232 e. The zero-order valence-corrected chi connectivity index (χ0v) is 14.6. The van der Waals surface area contributed by atoms with Gasteiger partial charge in [0.1, 0.15) is 6.10 Å². The number of carbonyl (C=O) groups excluding carboxylic acids is 1. The van der Waals surface area contributed by atoms with Gasteiger partial charge in [0, 0.05) is 17.2 Å². The van der Waals surface area contributed by atoms with Gasteiger partial charge in [0.25, 0.3) is 0 Å². The van der Waals surface area contributed by atoms with Crippen LogP contribution in [0.15, 0.2) is 42.6 Å². The van der Waals surface area contributed by atoms with E-state index in [2.05, 4.69) is 10.1 Å². The van der Waals surface area contributed by atoms with Crippen LogP contribution in [0.25, 0.3) is 16.9 Å². The fourth-order valence-electron chi connectivity index (χ4n) is 3.35. The fourth-order valence-corrected chi connectivity index (χ4v) is 3.35. The lowest BCUT2D eigenvalue weighted by Crippen LogP contribution is -2.26. The molecule has 0 unspecified atom stereocenters. The first-order chi connectivity index (χ1) is 12.6. The van der Waals surface area contributed by atoms with Crippen LogP contribution in [0.5, 0.6) is 5.88 Å². The van der Waals surface area contributed by atoms with E-state index in [1.807, 2.05) is 30.3 Å². The lowest BCUT2D eigenvalue weighted by atomic mass is 9.95. The first-order valence-electron chi connectivity index (χ1n) is 8.91. The van der Waals surface area contributed by atoms with Gasteiger partial charge >= 0.3 is 0 Å². The average molecular weight is 351 g/mol. The monoisotopic (exact) mass is 351 g/mol. The Morgan fingerprint density at radius 1 is 1.19 bits per heavy atom. The molecule has 1 fully saturated rings. The summed E-state index contributed by atoms with van der Waals surface area (Å²) in [6.45, 7) is 1.55. The van der Waals surface area contributed by atoms with Gasteiger partial charge in [0.05, 0.1) is 18.0 Å². The van der Waals surface area contributed by atoms with Gasteiger partial charge in [-0.2, -0.15) is 0 Å². The lowest BCUT2D eigenvalue weighted by Gasteiger charge is -2.25. The van der Waals surface area contributed by atoms with Gasteiger partial charge < -0.3 is 9.84 Å². The number of carbonyl (C=O) groups is 1. The van der Waals surface area contributed by atoms with E-state index in [0.29, 0.717) is 11.4 Å². The minimum absolute atomic E-state index is 0.0251. The number of benzene rings is 1. The highest BCUT2D eigenvalue weighted by Gasteiger charge is 2.21. The topological polar surface area (TPSA) is 76.7 Å². The Morgan fingerprint density at radius 2 is 2.00 bits per heavy atom. The van der Waals surface area contributed by atoms with Crippen molar-refractivity contribution in [1.82, 2.24) is 14.6 Å². The Labute approximate surface area is 151 Å². The number of fused-ring (bicyclic) bond motifs is 1. The van der Waals surface area contributed by atoms with Gasteiger partial charge in [-0.05, 0) is 44.7 Å². The molecule has 0 saturated heterocycles. The molecule has 0 aliphatic heterocycles. The molecule has 1 aliphatic rings. The van der Waals surface area contributed by atoms with Gasteiger partial charge in [-0.3, -0.25) is 4.79 Å². The van der Waals surface area contributed by atoms with Crippen molar-refractivity contribution in [2.45, 2.75) is 44.8 Å². The van der Waals surface area contributed by atoms with Gasteiger partial charge in [-0.25, -0.2) is 9.50 Å². The minimum Gasteiger partial charge on any atom is -0.473 e. The van der Waals surface area contributed by atoms with Gasteiger partial charge in [-0.15, -0.1) is 5.10 Å². The number of aliphatic hydroxyl groups excluding tert-OH is 1. The summed E-state index contributed by atoms with van der Waals surface area (Å²) in [6.07, 6.45) is 4.82. The number of hydrogen-bond acceptors (Lipinski definition) is 5. The Morgan fingerprint density at radius 3 is 2.77 bits per heavy atom. The molecular weight excluding hydrogens is 330 g/mol. The molecule has 1 saturated carbocycles. The Hall–Kier alpha value is -2.73. The average Bonchev–Trinajstić information content (AvgIpc) is 3.07. The zero-order valence-electron chi connectivity index (χ0n) is 14.6. The summed E-state index contributed by atoms with van der Waals surface area (Å²) in [5, 5.41) is 14.2. The Balaban J connectivity index is 1.64. The quantitative estimate of drug-likeness (QED) is 0.730. The number of imidazole rings is 1. The van der Waals surface area contributed by atoms with E-state index in [0.717, 1.165) is 42.6 Å². The molecule has 0 atom stereocenters. The molecule has 6 heteroatoms. The van der Waals surface area contributed by atoms with E-state index in [9.17, 15) is 9.90 Å². The summed E-state index contributed by atoms with van der Waals surface area (Å²) in [6, 6.07) is 11.1. The van der Waals surface area contributed by atoms with E-state index >= 15 is 0 Å². The maximum atomic E-state index is 11.7. The highest BCUT2D eigenvalue weighted by molar-refractivity contribution is 5.95. The number of Topliss-reactive ketones (excluding diaryl/α,β-unsaturated/α-hetero) is 1. The summed E-state index contributed by atoms with van der Waals surface area (Å²) < 4.78 is 7.75. The van der Waals surface area contributed by atoms with Crippen molar-refractivity contribution in [2.75, 3.05) is 0 Å². The summed E-state index contributed by atoms with van der Waals surface area (Å²) in [5.74, 6) is 0.568. The Bertz CT molecular complexity index is 942. The standard InChI is InChI=1S/C20H21N3O3/c1-13(24)14-3-2-4-15(11-14)18-12-21-19-9-10-20(22-23(18)19)26-17-7-5-16(25)6-8-17/h2-4,9-12,16-17,25H,5-8H2,1H3/t16-,17-. The molecule has 0 spiro atoms. The van der Waals surface area contributed by atoms with Crippen LogP contribution in [-0.4, -0.2) is 37.7 Å². The van der Waals surface area contributed by atoms with Crippen LogP contribution in [0.4, 0.5) is 0 Å². The number of aromatic nitrogens is 3. The second-order valence-electron chi connectivity index (χ2n) is 6.77. The summed E-state index contributed by atoms with van der Waals surface area (Å²) >= 11 is 0. The first kappa shape index (κ1) is 16.7. The molecule has 134 valence electrons. The third-order valence-corrected chi connectivity index (χ3v) is 4.83. The van der Waals surface area contributed by atoms with Crippen molar-refractivity contribution < 1.29 is 14.6 Å². The van der Waals surface area contributed by atoms with Gasteiger partial charge in [0.15, 0.2) is 11.4 Å². The summed E-state index contributed by atoms with van der Waals surface area (Å²) in [5.41, 5.74) is 3.08. The van der Waals surface area contributed by atoms with Crippen LogP contribution in [0, 0.1) is 0 Å². The molecule has 0 amide bonds. The maximum absolute atomic E-state index is 11.7. The van der Waals surface area contributed by atoms with Crippen molar-refractivity contribution in [3.8, 4) is 17.1 Å².